The largest absolute Gasteiger partial charge is 0.485 e. The van der Waals surface area contributed by atoms with E-state index in [1.807, 2.05) is 32.2 Å². The zero-order valence-electron chi connectivity index (χ0n) is 11.4. The van der Waals surface area contributed by atoms with Crippen LogP contribution in [0.25, 0.3) is 0 Å². The van der Waals surface area contributed by atoms with Gasteiger partial charge in [-0.25, -0.2) is 0 Å². The third kappa shape index (κ3) is 2.84. The monoisotopic (exact) mass is 279 g/mol. The number of hydrogen-bond donors (Lipinski definition) is 1. The van der Waals surface area contributed by atoms with Gasteiger partial charge in [0.05, 0.1) is 22.1 Å². The SMILES string of the molecule is CCc1ccc(OCc2c(Cl)c(C)nn2C)c(N)c1. The standard InChI is InChI=1S/C14H18ClN3O/c1-4-10-5-6-13(11(16)7-10)19-8-12-14(15)9(2)17-18(12)3/h5-7H,4,8,16H2,1-3H3. The highest BCUT2D eigenvalue weighted by Crippen LogP contribution is 2.26. The maximum atomic E-state index is 6.17. The molecule has 0 radical (unpaired) electrons. The minimum atomic E-state index is 0.353. The van der Waals surface area contributed by atoms with Crippen molar-refractivity contribution in [3.63, 3.8) is 0 Å². The molecule has 2 aromatic rings. The first-order chi connectivity index (χ1) is 9.02. The van der Waals surface area contributed by atoms with Gasteiger partial charge < -0.3 is 10.5 Å². The maximum Gasteiger partial charge on any atom is 0.142 e. The van der Waals surface area contributed by atoms with Crippen LogP contribution in [0.3, 0.4) is 0 Å². The van der Waals surface area contributed by atoms with Gasteiger partial charge in [-0.05, 0) is 31.0 Å². The Kier molecular flexibility index (Phi) is 4.00. The Morgan fingerprint density at radius 3 is 2.68 bits per heavy atom. The second-order valence-corrected chi connectivity index (χ2v) is 4.86. The Labute approximate surface area is 118 Å². The normalized spacial score (nSPS) is 10.7. The Morgan fingerprint density at radius 2 is 2.16 bits per heavy atom. The van der Waals surface area contributed by atoms with Crippen molar-refractivity contribution in [2.75, 3.05) is 5.73 Å². The molecule has 4 nitrogen and oxygen atoms in total. The highest BCUT2D eigenvalue weighted by molar-refractivity contribution is 6.31. The van der Waals surface area contributed by atoms with Gasteiger partial charge >= 0.3 is 0 Å². The molecule has 19 heavy (non-hydrogen) atoms. The van der Waals surface area contributed by atoms with Crippen LogP contribution in [0.1, 0.15) is 23.9 Å². The van der Waals surface area contributed by atoms with Crippen LogP contribution in [0.15, 0.2) is 18.2 Å². The summed E-state index contributed by atoms with van der Waals surface area (Å²) in [6.45, 7) is 4.32. The quantitative estimate of drug-likeness (QED) is 0.875. The van der Waals surface area contributed by atoms with Crippen LogP contribution in [0, 0.1) is 6.92 Å². The number of aryl methyl sites for hydroxylation is 3. The molecule has 0 bridgehead atoms. The molecule has 1 aromatic carbocycles. The zero-order chi connectivity index (χ0) is 14.0. The minimum absolute atomic E-state index is 0.353. The molecular weight excluding hydrogens is 262 g/mol. The molecule has 0 saturated heterocycles. The molecule has 2 rings (SSSR count). The van der Waals surface area contributed by atoms with Gasteiger partial charge in [0.25, 0.3) is 0 Å². The first kappa shape index (κ1) is 13.7. The third-order valence-electron chi connectivity index (χ3n) is 3.11. The Hall–Kier alpha value is -1.68. The summed E-state index contributed by atoms with van der Waals surface area (Å²) >= 11 is 6.17. The average molecular weight is 280 g/mol. The van der Waals surface area contributed by atoms with Gasteiger partial charge in [-0.1, -0.05) is 24.6 Å². The highest BCUT2D eigenvalue weighted by Gasteiger charge is 2.12. The molecule has 1 heterocycles. The maximum absolute atomic E-state index is 6.17. The van der Waals surface area contributed by atoms with E-state index in [1.165, 1.54) is 5.56 Å². The third-order valence-corrected chi connectivity index (χ3v) is 3.60. The molecule has 0 fully saturated rings. The summed E-state index contributed by atoms with van der Waals surface area (Å²) in [7, 11) is 1.85. The molecule has 5 heteroatoms. The van der Waals surface area contributed by atoms with E-state index in [0.29, 0.717) is 23.1 Å². The lowest BCUT2D eigenvalue weighted by Crippen LogP contribution is -2.05. The smallest absolute Gasteiger partial charge is 0.142 e. The fourth-order valence-electron chi connectivity index (χ4n) is 1.93. The van der Waals surface area contributed by atoms with E-state index in [4.69, 9.17) is 22.1 Å². The number of benzene rings is 1. The molecule has 0 spiro atoms. The van der Waals surface area contributed by atoms with E-state index in [9.17, 15) is 0 Å². The van der Waals surface area contributed by atoms with Crippen molar-refractivity contribution < 1.29 is 4.74 Å². The van der Waals surface area contributed by atoms with Gasteiger partial charge in [-0.2, -0.15) is 5.10 Å². The van der Waals surface area contributed by atoms with Crippen LogP contribution >= 0.6 is 11.6 Å². The van der Waals surface area contributed by atoms with Crippen molar-refractivity contribution in [3.8, 4) is 5.75 Å². The van der Waals surface area contributed by atoms with Crippen molar-refractivity contribution in [1.29, 1.82) is 0 Å². The van der Waals surface area contributed by atoms with Gasteiger partial charge in [-0.15, -0.1) is 0 Å². The molecule has 0 amide bonds. The second kappa shape index (κ2) is 5.53. The van der Waals surface area contributed by atoms with E-state index >= 15 is 0 Å². The van der Waals surface area contributed by atoms with Crippen LogP contribution in [0.5, 0.6) is 5.75 Å². The lowest BCUT2D eigenvalue weighted by atomic mass is 10.1. The first-order valence-corrected chi connectivity index (χ1v) is 6.60. The van der Waals surface area contributed by atoms with Gasteiger partial charge in [0, 0.05) is 7.05 Å². The predicted octanol–water partition coefficient (Wildman–Crippen LogP) is 3.11. The molecule has 0 aliphatic rings. The number of nitrogen functional groups attached to an aromatic ring is 1. The number of aromatic nitrogens is 2. The molecule has 0 aliphatic carbocycles. The van der Waals surface area contributed by atoms with Gasteiger partial charge in [0.15, 0.2) is 0 Å². The summed E-state index contributed by atoms with van der Waals surface area (Å²) in [6.07, 6.45) is 0.956. The summed E-state index contributed by atoms with van der Waals surface area (Å²) in [5.74, 6) is 0.673. The topological polar surface area (TPSA) is 53.1 Å². The van der Waals surface area contributed by atoms with Crippen LogP contribution in [0.2, 0.25) is 5.02 Å². The van der Waals surface area contributed by atoms with Crippen LogP contribution < -0.4 is 10.5 Å². The zero-order valence-corrected chi connectivity index (χ0v) is 12.2. The molecule has 0 atom stereocenters. The fourth-order valence-corrected chi connectivity index (χ4v) is 2.15. The molecule has 1 aromatic heterocycles. The molecule has 0 saturated carbocycles. The van der Waals surface area contributed by atoms with Crippen LogP contribution in [-0.2, 0) is 20.1 Å². The highest BCUT2D eigenvalue weighted by atomic mass is 35.5. The number of rotatable bonds is 4. The number of nitrogens with zero attached hydrogens (tertiary/aromatic N) is 2. The number of nitrogens with two attached hydrogens (primary N) is 1. The Balaban J connectivity index is 2.14. The van der Waals surface area contributed by atoms with Crippen molar-refractivity contribution in [3.05, 3.63) is 40.2 Å². The second-order valence-electron chi connectivity index (χ2n) is 4.48. The number of anilines is 1. The summed E-state index contributed by atoms with van der Waals surface area (Å²) < 4.78 is 7.46. The number of halogens is 1. The summed E-state index contributed by atoms with van der Waals surface area (Å²) in [6, 6.07) is 5.85. The van der Waals surface area contributed by atoms with Gasteiger partial charge in [0.1, 0.15) is 12.4 Å². The van der Waals surface area contributed by atoms with Crippen molar-refractivity contribution in [1.82, 2.24) is 9.78 Å². The molecule has 0 unspecified atom stereocenters. The van der Waals surface area contributed by atoms with E-state index in [2.05, 4.69) is 12.0 Å². The lowest BCUT2D eigenvalue weighted by molar-refractivity contribution is 0.296. The van der Waals surface area contributed by atoms with E-state index in [0.717, 1.165) is 17.8 Å². The van der Waals surface area contributed by atoms with Crippen molar-refractivity contribution in [2.45, 2.75) is 26.9 Å². The minimum Gasteiger partial charge on any atom is -0.485 e. The van der Waals surface area contributed by atoms with Crippen molar-refractivity contribution in [2.24, 2.45) is 7.05 Å². The van der Waals surface area contributed by atoms with E-state index in [-0.39, 0.29) is 0 Å². The first-order valence-electron chi connectivity index (χ1n) is 6.22. The molecule has 0 aliphatic heterocycles. The summed E-state index contributed by atoms with van der Waals surface area (Å²) in [5.41, 5.74) is 9.45. The van der Waals surface area contributed by atoms with Crippen molar-refractivity contribution >= 4 is 17.3 Å². The Bertz CT molecular complexity index is 593. The van der Waals surface area contributed by atoms with E-state index < -0.39 is 0 Å². The number of ether oxygens (including phenoxy) is 1. The fraction of sp³-hybridized carbons (Fsp3) is 0.357. The summed E-state index contributed by atoms with van der Waals surface area (Å²) in [4.78, 5) is 0. The van der Waals surface area contributed by atoms with Gasteiger partial charge in [0.2, 0.25) is 0 Å². The average Bonchev–Trinajstić information content (AvgIpc) is 2.62. The predicted molar refractivity (Wildman–Crippen MR) is 77.5 cm³/mol. The van der Waals surface area contributed by atoms with Crippen LogP contribution in [-0.4, -0.2) is 9.78 Å². The molecule has 102 valence electrons. The molecule has 2 N–H and O–H groups in total. The van der Waals surface area contributed by atoms with Crippen LogP contribution in [0.4, 0.5) is 5.69 Å². The molecular formula is C14H18ClN3O. The lowest BCUT2D eigenvalue weighted by Gasteiger charge is -2.10. The summed E-state index contributed by atoms with van der Waals surface area (Å²) in [5, 5.41) is 4.89. The Morgan fingerprint density at radius 1 is 1.42 bits per heavy atom. The van der Waals surface area contributed by atoms with Gasteiger partial charge in [-0.3, -0.25) is 4.68 Å². The number of hydrogen-bond acceptors (Lipinski definition) is 3. The van der Waals surface area contributed by atoms with E-state index in [1.54, 1.807) is 4.68 Å².